The molecule has 1 aliphatic heterocycles. The zero-order valence-corrected chi connectivity index (χ0v) is 16.9. The standard InChI is InChI=1S/C24H37N/c1-6-21-7-9-22(10-8-21)11-17-25-18-16-24(20(25)4)14-12-23(5,13-15-24)19(2)3/h7-10,19H,4,6,11-18H2,1-3,5H3. The van der Waals surface area contributed by atoms with Crippen LogP contribution in [0.4, 0.5) is 0 Å². The van der Waals surface area contributed by atoms with Crippen LogP contribution in [0, 0.1) is 16.7 Å². The second kappa shape index (κ2) is 7.17. The highest BCUT2D eigenvalue weighted by Crippen LogP contribution is 2.56. The Labute approximate surface area is 155 Å². The zero-order valence-electron chi connectivity index (χ0n) is 16.9. The first-order valence-electron chi connectivity index (χ1n) is 10.4. The van der Waals surface area contributed by atoms with Crippen LogP contribution in [-0.2, 0) is 12.8 Å². The minimum absolute atomic E-state index is 0.417. The molecule has 0 atom stereocenters. The molecule has 0 radical (unpaired) electrons. The Balaban J connectivity index is 1.57. The van der Waals surface area contributed by atoms with Crippen molar-refractivity contribution in [2.75, 3.05) is 13.1 Å². The maximum absolute atomic E-state index is 4.57. The van der Waals surface area contributed by atoms with Crippen molar-refractivity contribution in [3.8, 4) is 0 Å². The number of rotatable bonds is 5. The van der Waals surface area contributed by atoms with Gasteiger partial charge in [-0.15, -0.1) is 0 Å². The molecule has 1 nitrogen and oxygen atoms in total. The predicted molar refractivity (Wildman–Crippen MR) is 109 cm³/mol. The van der Waals surface area contributed by atoms with Crippen molar-refractivity contribution in [2.45, 2.75) is 72.6 Å². The van der Waals surface area contributed by atoms with Gasteiger partial charge < -0.3 is 4.90 Å². The molecule has 1 aromatic carbocycles. The molecule has 3 rings (SSSR count). The van der Waals surface area contributed by atoms with Gasteiger partial charge in [0.15, 0.2) is 0 Å². The molecular weight excluding hydrogens is 302 g/mol. The van der Waals surface area contributed by atoms with Crippen molar-refractivity contribution in [2.24, 2.45) is 16.7 Å². The topological polar surface area (TPSA) is 3.24 Å². The number of aryl methyl sites for hydroxylation is 1. The van der Waals surface area contributed by atoms with Gasteiger partial charge in [-0.1, -0.05) is 58.5 Å². The van der Waals surface area contributed by atoms with Gasteiger partial charge in [0.25, 0.3) is 0 Å². The molecule has 25 heavy (non-hydrogen) atoms. The van der Waals surface area contributed by atoms with Crippen molar-refractivity contribution in [3.63, 3.8) is 0 Å². The van der Waals surface area contributed by atoms with Crippen LogP contribution in [0.25, 0.3) is 0 Å². The first kappa shape index (κ1) is 18.5. The number of hydrogen-bond acceptors (Lipinski definition) is 1. The fourth-order valence-electron chi connectivity index (χ4n) is 4.83. The van der Waals surface area contributed by atoms with E-state index in [0.29, 0.717) is 10.8 Å². The lowest BCUT2D eigenvalue weighted by Gasteiger charge is -2.46. The highest BCUT2D eigenvalue weighted by Gasteiger charge is 2.47. The molecule has 1 heteroatoms. The van der Waals surface area contributed by atoms with Gasteiger partial charge in [0, 0.05) is 24.2 Å². The van der Waals surface area contributed by atoms with Crippen LogP contribution in [0.3, 0.4) is 0 Å². The maximum Gasteiger partial charge on any atom is 0.0215 e. The second-order valence-electron chi connectivity index (χ2n) is 9.19. The number of benzene rings is 1. The largest absolute Gasteiger partial charge is 0.374 e. The van der Waals surface area contributed by atoms with Gasteiger partial charge in [-0.2, -0.15) is 0 Å². The van der Waals surface area contributed by atoms with Crippen LogP contribution < -0.4 is 0 Å². The van der Waals surface area contributed by atoms with Crippen LogP contribution in [0.5, 0.6) is 0 Å². The summed E-state index contributed by atoms with van der Waals surface area (Å²) in [5.41, 5.74) is 5.30. The van der Waals surface area contributed by atoms with Crippen molar-refractivity contribution >= 4 is 0 Å². The Bertz CT molecular complexity index is 587. The van der Waals surface area contributed by atoms with E-state index >= 15 is 0 Å². The molecule has 0 bridgehead atoms. The van der Waals surface area contributed by atoms with E-state index in [2.05, 4.69) is 63.4 Å². The summed E-state index contributed by atoms with van der Waals surface area (Å²) >= 11 is 0. The molecule has 1 aliphatic carbocycles. The summed E-state index contributed by atoms with van der Waals surface area (Å²) in [5, 5.41) is 0. The van der Waals surface area contributed by atoms with Crippen molar-refractivity contribution < 1.29 is 0 Å². The normalized spacial score (nSPS) is 29.8. The highest BCUT2D eigenvalue weighted by atomic mass is 15.2. The van der Waals surface area contributed by atoms with Gasteiger partial charge in [-0.3, -0.25) is 0 Å². The van der Waals surface area contributed by atoms with E-state index in [0.717, 1.165) is 25.3 Å². The van der Waals surface area contributed by atoms with Gasteiger partial charge in [-0.05, 0) is 67.4 Å². The summed E-state index contributed by atoms with van der Waals surface area (Å²) < 4.78 is 0. The van der Waals surface area contributed by atoms with E-state index in [1.165, 1.54) is 55.5 Å². The molecule has 0 N–H and O–H groups in total. The van der Waals surface area contributed by atoms with Crippen LogP contribution in [-0.4, -0.2) is 18.0 Å². The average molecular weight is 340 g/mol. The van der Waals surface area contributed by atoms with E-state index in [9.17, 15) is 0 Å². The minimum atomic E-state index is 0.417. The number of nitrogens with zero attached hydrogens (tertiary/aromatic N) is 1. The molecule has 138 valence electrons. The third-order valence-corrected chi connectivity index (χ3v) is 7.70. The third kappa shape index (κ3) is 3.66. The Morgan fingerprint density at radius 1 is 1.00 bits per heavy atom. The van der Waals surface area contributed by atoms with E-state index in [4.69, 9.17) is 0 Å². The molecule has 2 fully saturated rings. The smallest absolute Gasteiger partial charge is 0.0215 e. The predicted octanol–water partition coefficient (Wildman–Crippen LogP) is 6.23. The van der Waals surface area contributed by atoms with Gasteiger partial charge in [-0.25, -0.2) is 0 Å². The van der Waals surface area contributed by atoms with Gasteiger partial charge in [0.1, 0.15) is 0 Å². The molecule has 1 saturated carbocycles. The lowest BCUT2D eigenvalue weighted by atomic mass is 9.59. The highest BCUT2D eigenvalue weighted by molar-refractivity contribution is 5.23. The molecule has 0 aromatic heterocycles. The number of likely N-dealkylation sites (tertiary alicyclic amines) is 1. The lowest BCUT2D eigenvalue weighted by Crippen LogP contribution is -2.36. The molecule has 2 aliphatic rings. The quantitative estimate of drug-likeness (QED) is 0.614. The van der Waals surface area contributed by atoms with Gasteiger partial charge in [0.2, 0.25) is 0 Å². The Morgan fingerprint density at radius 3 is 2.16 bits per heavy atom. The van der Waals surface area contributed by atoms with Gasteiger partial charge >= 0.3 is 0 Å². The van der Waals surface area contributed by atoms with Crippen LogP contribution in [0.15, 0.2) is 36.5 Å². The molecule has 0 amide bonds. The van der Waals surface area contributed by atoms with E-state index in [1.807, 2.05) is 0 Å². The summed E-state index contributed by atoms with van der Waals surface area (Å²) in [6.07, 6.45) is 9.04. The zero-order chi connectivity index (χ0) is 18.1. The first-order valence-corrected chi connectivity index (χ1v) is 10.4. The summed E-state index contributed by atoms with van der Waals surface area (Å²) in [6.45, 7) is 16.4. The summed E-state index contributed by atoms with van der Waals surface area (Å²) in [7, 11) is 0. The summed E-state index contributed by atoms with van der Waals surface area (Å²) in [5.74, 6) is 0.793. The maximum atomic E-state index is 4.57. The SMILES string of the molecule is C=C1N(CCc2ccc(CC)cc2)CCC12CCC(C)(C(C)C)CC2. The molecule has 0 unspecified atom stereocenters. The summed E-state index contributed by atoms with van der Waals surface area (Å²) in [4.78, 5) is 2.59. The molecule has 1 spiro atoms. The molecular formula is C24H37N. The fraction of sp³-hybridized carbons (Fsp3) is 0.667. The minimum Gasteiger partial charge on any atom is -0.374 e. The fourth-order valence-corrected chi connectivity index (χ4v) is 4.83. The van der Waals surface area contributed by atoms with Crippen molar-refractivity contribution in [1.82, 2.24) is 4.90 Å². The number of allylic oxidation sites excluding steroid dienone is 1. The van der Waals surface area contributed by atoms with Crippen LogP contribution in [0.1, 0.15) is 70.9 Å². The monoisotopic (exact) mass is 339 g/mol. The Kier molecular flexibility index (Phi) is 5.32. The van der Waals surface area contributed by atoms with Crippen molar-refractivity contribution in [1.29, 1.82) is 0 Å². The van der Waals surface area contributed by atoms with Crippen LogP contribution in [0.2, 0.25) is 0 Å². The van der Waals surface area contributed by atoms with Crippen molar-refractivity contribution in [3.05, 3.63) is 47.7 Å². The van der Waals surface area contributed by atoms with E-state index < -0.39 is 0 Å². The average Bonchev–Trinajstić information content (AvgIpc) is 2.92. The second-order valence-corrected chi connectivity index (χ2v) is 9.19. The molecule has 1 aromatic rings. The van der Waals surface area contributed by atoms with E-state index in [-0.39, 0.29) is 0 Å². The van der Waals surface area contributed by atoms with Gasteiger partial charge in [0.05, 0.1) is 0 Å². The van der Waals surface area contributed by atoms with Crippen LogP contribution >= 0.6 is 0 Å². The van der Waals surface area contributed by atoms with E-state index in [1.54, 1.807) is 0 Å². The first-order chi connectivity index (χ1) is 11.9. The summed E-state index contributed by atoms with van der Waals surface area (Å²) in [6, 6.07) is 9.18. The molecule has 1 saturated heterocycles. The third-order valence-electron chi connectivity index (χ3n) is 7.70. The molecule has 1 heterocycles. The number of hydrogen-bond donors (Lipinski definition) is 0. The Morgan fingerprint density at radius 2 is 1.60 bits per heavy atom. The lowest BCUT2D eigenvalue weighted by molar-refractivity contribution is 0.0760. The Hall–Kier alpha value is -1.24.